The molecule has 1 fully saturated rings. The van der Waals surface area contributed by atoms with Gasteiger partial charge in [-0.3, -0.25) is 9.59 Å². The van der Waals surface area contributed by atoms with Gasteiger partial charge in [0.1, 0.15) is 6.10 Å². The van der Waals surface area contributed by atoms with Crippen molar-refractivity contribution in [3.8, 4) is 0 Å². The van der Waals surface area contributed by atoms with Crippen LogP contribution in [0.4, 0.5) is 5.69 Å². The number of ether oxygens (including phenoxy) is 1. The molecule has 1 saturated carbocycles. The van der Waals surface area contributed by atoms with Crippen molar-refractivity contribution >= 4 is 46.7 Å². The fourth-order valence-electron chi connectivity index (χ4n) is 4.71. The minimum Gasteiger partial charge on any atom is -0.458 e. The van der Waals surface area contributed by atoms with Gasteiger partial charge in [-0.25, -0.2) is 9.69 Å². The van der Waals surface area contributed by atoms with Crippen LogP contribution in [0.3, 0.4) is 0 Å². The Labute approximate surface area is 197 Å². The molecule has 32 heavy (non-hydrogen) atoms. The fraction of sp³-hybridized carbons (Fsp3) is 0.400. The molecule has 168 valence electrons. The molecule has 0 N–H and O–H groups in total. The summed E-state index contributed by atoms with van der Waals surface area (Å²) in [6.07, 6.45) is 2.84. The zero-order valence-corrected chi connectivity index (χ0v) is 19.7. The Kier molecular flexibility index (Phi) is 6.33. The van der Waals surface area contributed by atoms with Crippen LogP contribution < -0.4 is 4.90 Å². The van der Waals surface area contributed by atoms with E-state index in [1.54, 1.807) is 18.2 Å². The van der Waals surface area contributed by atoms with Gasteiger partial charge in [-0.1, -0.05) is 56.5 Å². The maximum atomic E-state index is 13.1. The number of hydrogen-bond donors (Lipinski definition) is 0. The number of carbonyl (C=O) groups excluding carboxylic acids is 3. The maximum Gasteiger partial charge on any atom is 0.338 e. The molecule has 1 aliphatic heterocycles. The summed E-state index contributed by atoms with van der Waals surface area (Å²) in [6, 6.07) is 9.22. The first kappa shape index (κ1) is 22.8. The first-order valence-corrected chi connectivity index (χ1v) is 11.6. The molecule has 0 bridgehead atoms. The molecule has 4 rings (SSSR count). The monoisotopic (exact) mass is 473 g/mol. The van der Waals surface area contributed by atoms with Gasteiger partial charge in [0.15, 0.2) is 0 Å². The Morgan fingerprint density at radius 3 is 2.50 bits per heavy atom. The normalized spacial score (nSPS) is 22.9. The molecular weight excluding hydrogens is 449 g/mol. The Morgan fingerprint density at radius 1 is 1.06 bits per heavy atom. The number of benzene rings is 2. The van der Waals surface area contributed by atoms with Crippen molar-refractivity contribution in [1.82, 2.24) is 0 Å². The van der Waals surface area contributed by atoms with Crippen molar-refractivity contribution < 1.29 is 19.1 Å². The lowest BCUT2D eigenvalue weighted by molar-refractivity contribution is -0.0174. The molecule has 1 aliphatic carbocycles. The van der Waals surface area contributed by atoms with Crippen LogP contribution in [0.15, 0.2) is 36.4 Å². The van der Waals surface area contributed by atoms with Gasteiger partial charge in [-0.2, -0.15) is 0 Å². The predicted molar refractivity (Wildman–Crippen MR) is 125 cm³/mol. The number of nitrogens with zero attached hydrogens (tertiary/aromatic N) is 1. The van der Waals surface area contributed by atoms with E-state index in [0.717, 1.165) is 24.2 Å². The molecule has 0 radical (unpaired) electrons. The molecule has 2 amide bonds. The van der Waals surface area contributed by atoms with Crippen molar-refractivity contribution in [3.63, 3.8) is 0 Å². The minimum atomic E-state index is -0.546. The lowest BCUT2D eigenvalue weighted by Crippen LogP contribution is -2.35. The van der Waals surface area contributed by atoms with Crippen LogP contribution in [0.5, 0.6) is 0 Å². The van der Waals surface area contributed by atoms with Gasteiger partial charge in [0, 0.05) is 0 Å². The first-order chi connectivity index (χ1) is 15.2. The van der Waals surface area contributed by atoms with E-state index in [9.17, 15) is 14.4 Å². The average Bonchev–Trinajstić information content (AvgIpc) is 3.00. The van der Waals surface area contributed by atoms with Crippen LogP contribution in [0.25, 0.3) is 0 Å². The van der Waals surface area contributed by atoms with Crippen LogP contribution in [0.2, 0.25) is 10.0 Å². The average molecular weight is 474 g/mol. The van der Waals surface area contributed by atoms with Crippen molar-refractivity contribution in [2.45, 2.75) is 46.1 Å². The van der Waals surface area contributed by atoms with Gasteiger partial charge in [0.05, 0.1) is 32.4 Å². The van der Waals surface area contributed by atoms with Crippen LogP contribution in [0.1, 0.15) is 71.1 Å². The third-order valence-electron chi connectivity index (χ3n) is 6.51. The van der Waals surface area contributed by atoms with Crippen LogP contribution in [-0.4, -0.2) is 23.9 Å². The molecular formula is C25H25Cl2NO4. The number of anilines is 1. The van der Waals surface area contributed by atoms with Gasteiger partial charge in [0.2, 0.25) is 0 Å². The molecule has 7 heteroatoms. The molecule has 2 aliphatic rings. The Balaban J connectivity index is 1.60. The first-order valence-electron chi connectivity index (χ1n) is 10.9. The highest BCUT2D eigenvalue weighted by molar-refractivity contribution is 6.46. The maximum absolute atomic E-state index is 13.1. The Bertz CT molecular complexity index is 1100. The second-order valence-electron chi connectivity index (χ2n) is 9.05. The standard InChI is InChI=1S/C25H25Cl2NO4/c1-13(2)16-9-7-14(3)11-21(16)32-25(31)15-8-10-17-18(12-15)24(30)28(23(17)29)20-6-4-5-19(26)22(20)27/h4-6,8,10,12-14,16,21H,7,9,11H2,1-3H3/t14-,16+,21+/m0/s1. The summed E-state index contributed by atoms with van der Waals surface area (Å²) in [7, 11) is 0. The summed E-state index contributed by atoms with van der Waals surface area (Å²) in [5, 5.41) is 0.362. The molecule has 5 nitrogen and oxygen atoms in total. The highest BCUT2D eigenvalue weighted by atomic mass is 35.5. The number of hydrogen-bond acceptors (Lipinski definition) is 4. The quantitative estimate of drug-likeness (QED) is 0.379. The number of rotatable bonds is 4. The van der Waals surface area contributed by atoms with Gasteiger partial charge >= 0.3 is 5.97 Å². The van der Waals surface area contributed by atoms with E-state index in [1.165, 1.54) is 18.2 Å². The van der Waals surface area contributed by atoms with Gasteiger partial charge in [-0.05, 0) is 60.9 Å². The van der Waals surface area contributed by atoms with E-state index in [0.29, 0.717) is 17.8 Å². The molecule has 0 aromatic heterocycles. The predicted octanol–water partition coefficient (Wildman–Crippen LogP) is 6.41. The van der Waals surface area contributed by atoms with Gasteiger partial charge in [0.25, 0.3) is 11.8 Å². The number of carbonyl (C=O) groups is 3. The second kappa shape index (κ2) is 8.87. The highest BCUT2D eigenvalue weighted by Gasteiger charge is 2.39. The fourth-order valence-corrected chi connectivity index (χ4v) is 5.09. The zero-order chi connectivity index (χ0) is 23.2. The molecule has 0 spiro atoms. The lowest BCUT2D eigenvalue weighted by atomic mass is 9.75. The number of esters is 1. The largest absolute Gasteiger partial charge is 0.458 e. The summed E-state index contributed by atoms with van der Waals surface area (Å²) in [4.78, 5) is 39.9. The van der Waals surface area contributed by atoms with Crippen molar-refractivity contribution in [2.24, 2.45) is 17.8 Å². The van der Waals surface area contributed by atoms with E-state index in [4.69, 9.17) is 27.9 Å². The topological polar surface area (TPSA) is 63.7 Å². The Hall–Kier alpha value is -2.37. The number of fused-ring (bicyclic) bond motifs is 1. The van der Waals surface area contributed by atoms with Gasteiger partial charge < -0.3 is 4.74 Å². The lowest BCUT2D eigenvalue weighted by Gasteiger charge is -2.36. The third-order valence-corrected chi connectivity index (χ3v) is 7.32. The molecule has 3 atom stereocenters. The molecule has 1 heterocycles. The summed E-state index contributed by atoms with van der Waals surface area (Å²) >= 11 is 12.3. The van der Waals surface area contributed by atoms with E-state index in [1.807, 2.05) is 0 Å². The van der Waals surface area contributed by atoms with Crippen molar-refractivity contribution in [1.29, 1.82) is 0 Å². The summed E-state index contributed by atoms with van der Waals surface area (Å²) < 4.78 is 5.90. The number of halogens is 2. The van der Waals surface area contributed by atoms with E-state index < -0.39 is 17.8 Å². The van der Waals surface area contributed by atoms with Crippen LogP contribution in [-0.2, 0) is 4.74 Å². The highest BCUT2D eigenvalue weighted by Crippen LogP contribution is 2.38. The zero-order valence-electron chi connectivity index (χ0n) is 18.2. The minimum absolute atomic E-state index is 0.120. The van der Waals surface area contributed by atoms with E-state index >= 15 is 0 Å². The smallest absolute Gasteiger partial charge is 0.338 e. The van der Waals surface area contributed by atoms with Crippen LogP contribution >= 0.6 is 23.2 Å². The molecule has 0 unspecified atom stereocenters. The number of imide groups is 1. The van der Waals surface area contributed by atoms with Crippen LogP contribution in [0, 0.1) is 17.8 Å². The summed E-state index contributed by atoms with van der Waals surface area (Å²) in [6.45, 7) is 6.47. The molecule has 2 aromatic rings. The second-order valence-corrected chi connectivity index (χ2v) is 9.83. The third kappa shape index (κ3) is 4.04. The summed E-state index contributed by atoms with van der Waals surface area (Å²) in [5.74, 6) is -0.302. The molecule has 2 aromatic carbocycles. The number of amides is 2. The Morgan fingerprint density at radius 2 is 1.78 bits per heavy atom. The van der Waals surface area contributed by atoms with E-state index in [2.05, 4.69) is 20.8 Å². The SMILES string of the molecule is CC(C)[C@H]1CC[C@H](C)C[C@H]1OC(=O)c1ccc2c(c1)C(=O)N(c1cccc(Cl)c1Cl)C2=O. The van der Waals surface area contributed by atoms with Crippen molar-refractivity contribution in [2.75, 3.05) is 4.90 Å². The van der Waals surface area contributed by atoms with Crippen molar-refractivity contribution in [3.05, 3.63) is 63.1 Å². The molecule has 0 saturated heterocycles. The van der Waals surface area contributed by atoms with Gasteiger partial charge in [-0.15, -0.1) is 0 Å². The summed E-state index contributed by atoms with van der Waals surface area (Å²) in [5.41, 5.74) is 0.835. The van der Waals surface area contributed by atoms with E-state index in [-0.39, 0.29) is 38.5 Å².